The summed E-state index contributed by atoms with van der Waals surface area (Å²) in [6.07, 6.45) is 0. The van der Waals surface area contributed by atoms with Crippen molar-refractivity contribution in [3.8, 4) is 0 Å². The summed E-state index contributed by atoms with van der Waals surface area (Å²) in [5.74, 6) is 1.39. The molecular formula is C12H13N5OS2. The second kappa shape index (κ2) is 5.59. The molecule has 8 heteroatoms. The zero-order valence-electron chi connectivity index (χ0n) is 10.8. The predicted molar refractivity (Wildman–Crippen MR) is 83.8 cm³/mol. The van der Waals surface area contributed by atoms with E-state index < -0.39 is 0 Å². The molecule has 0 fully saturated rings. The van der Waals surface area contributed by atoms with Gasteiger partial charge in [-0.15, -0.1) is 11.3 Å². The molecule has 0 bridgehead atoms. The maximum atomic E-state index is 11.1. The van der Waals surface area contributed by atoms with Crippen molar-refractivity contribution in [2.45, 2.75) is 13.5 Å². The van der Waals surface area contributed by atoms with E-state index in [4.69, 9.17) is 0 Å². The van der Waals surface area contributed by atoms with E-state index in [9.17, 15) is 4.79 Å². The van der Waals surface area contributed by atoms with Crippen molar-refractivity contribution in [1.82, 2.24) is 15.0 Å². The van der Waals surface area contributed by atoms with Gasteiger partial charge in [0.25, 0.3) is 0 Å². The molecule has 3 rings (SSSR count). The van der Waals surface area contributed by atoms with Crippen molar-refractivity contribution in [1.29, 1.82) is 0 Å². The molecule has 3 heterocycles. The van der Waals surface area contributed by atoms with E-state index in [0.717, 1.165) is 39.6 Å². The summed E-state index contributed by atoms with van der Waals surface area (Å²) in [4.78, 5) is 23.7. The van der Waals surface area contributed by atoms with E-state index >= 15 is 0 Å². The van der Waals surface area contributed by atoms with Gasteiger partial charge in [-0.3, -0.25) is 4.79 Å². The van der Waals surface area contributed by atoms with E-state index in [1.807, 2.05) is 23.8 Å². The number of rotatable bonds is 5. The maximum absolute atomic E-state index is 11.1. The zero-order valence-corrected chi connectivity index (χ0v) is 12.4. The lowest BCUT2D eigenvalue weighted by Crippen LogP contribution is -2.07. The largest absolute Gasteiger partial charge is 0.364 e. The highest BCUT2D eigenvalue weighted by molar-refractivity contribution is 7.16. The Kier molecular flexibility index (Phi) is 3.66. The molecular weight excluding hydrogens is 294 g/mol. The molecule has 0 aliphatic rings. The molecule has 0 aliphatic heterocycles. The van der Waals surface area contributed by atoms with Crippen LogP contribution >= 0.6 is 22.7 Å². The van der Waals surface area contributed by atoms with Crippen LogP contribution in [0.4, 0.5) is 11.8 Å². The normalized spacial score (nSPS) is 10.8. The smallest absolute Gasteiger partial charge is 0.304 e. The summed E-state index contributed by atoms with van der Waals surface area (Å²) in [6, 6.07) is 1.99. The molecule has 0 radical (unpaired) electrons. The zero-order chi connectivity index (χ0) is 13.9. The number of aromatic amines is 1. The van der Waals surface area contributed by atoms with Crippen molar-refractivity contribution in [2.24, 2.45) is 0 Å². The van der Waals surface area contributed by atoms with Crippen molar-refractivity contribution in [3.05, 3.63) is 32.2 Å². The van der Waals surface area contributed by atoms with E-state index in [2.05, 4.69) is 25.6 Å². The Balaban J connectivity index is 1.88. The summed E-state index contributed by atoms with van der Waals surface area (Å²) in [5.41, 5.74) is 0.854. The standard InChI is InChI=1S/C12H13N5OS2/c1-2-13-11-16-9(8-3-4-19-10(8)17-11)14-5-7-6-20-12(18)15-7/h3-4,6H,2,5H2,1H3,(H,15,18)(H2,13,14,16,17). The monoisotopic (exact) mass is 307 g/mol. The number of nitrogens with one attached hydrogen (secondary N) is 3. The number of thiophene rings is 1. The van der Waals surface area contributed by atoms with Crippen molar-refractivity contribution in [3.63, 3.8) is 0 Å². The van der Waals surface area contributed by atoms with Gasteiger partial charge in [-0.05, 0) is 18.4 Å². The summed E-state index contributed by atoms with van der Waals surface area (Å²) in [7, 11) is 0. The molecule has 0 aromatic carbocycles. The Morgan fingerprint density at radius 2 is 2.20 bits per heavy atom. The van der Waals surface area contributed by atoms with Crippen molar-refractivity contribution >= 4 is 44.7 Å². The highest BCUT2D eigenvalue weighted by atomic mass is 32.1. The second-order valence-corrected chi connectivity index (χ2v) is 5.83. The number of H-pyrrole nitrogens is 1. The molecule has 3 N–H and O–H groups in total. The van der Waals surface area contributed by atoms with Gasteiger partial charge in [-0.1, -0.05) is 11.3 Å². The molecule has 0 aliphatic carbocycles. The molecule has 0 saturated heterocycles. The Hall–Kier alpha value is -1.93. The quantitative estimate of drug-likeness (QED) is 0.674. The number of anilines is 2. The molecule has 3 aromatic rings. The first-order valence-electron chi connectivity index (χ1n) is 6.16. The number of fused-ring (bicyclic) bond motifs is 1. The fourth-order valence-electron chi connectivity index (χ4n) is 1.81. The van der Waals surface area contributed by atoms with Crippen LogP contribution in [0.3, 0.4) is 0 Å². The number of hydrogen-bond donors (Lipinski definition) is 3. The fourth-order valence-corrected chi connectivity index (χ4v) is 3.15. The fraction of sp³-hybridized carbons (Fsp3) is 0.250. The molecule has 0 amide bonds. The lowest BCUT2D eigenvalue weighted by molar-refractivity contribution is 1.03. The third-order valence-electron chi connectivity index (χ3n) is 2.68. The average Bonchev–Trinajstić information content (AvgIpc) is 3.05. The highest BCUT2D eigenvalue weighted by Gasteiger charge is 2.08. The number of nitrogens with zero attached hydrogens (tertiary/aromatic N) is 2. The molecule has 0 spiro atoms. The van der Waals surface area contributed by atoms with Crippen LogP contribution in [-0.2, 0) is 6.54 Å². The molecule has 0 saturated carbocycles. The molecule has 6 nitrogen and oxygen atoms in total. The van der Waals surface area contributed by atoms with E-state index in [0.29, 0.717) is 12.5 Å². The lowest BCUT2D eigenvalue weighted by atomic mass is 10.3. The molecule has 3 aromatic heterocycles. The Morgan fingerprint density at radius 3 is 2.95 bits per heavy atom. The predicted octanol–water partition coefficient (Wildman–Crippen LogP) is 2.49. The molecule has 20 heavy (non-hydrogen) atoms. The van der Waals surface area contributed by atoms with Crippen molar-refractivity contribution < 1.29 is 0 Å². The van der Waals surface area contributed by atoms with Gasteiger partial charge in [0.1, 0.15) is 10.6 Å². The summed E-state index contributed by atoms with van der Waals surface area (Å²) >= 11 is 2.74. The first-order chi connectivity index (χ1) is 9.76. The second-order valence-electron chi connectivity index (χ2n) is 4.09. The van der Waals surface area contributed by atoms with Gasteiger partial charge >= 0.3 is 4.87 Å². The summed E-state index contributed by atoms with van der Waals surface area (Å²) < 4.78 is 0. The van der Waals surface area contributed by atoms with E-state index in [1.54, 1.807) is 11.3 Å². The third kappa shape index (κ3) is 2.66. The third-order valence-corrected chi connectivity index (χ3v) is 4.20. The number of aromatic nitrogens is 3. The minimum Gasteiger partial charge on any atom is -0.364 e. The highest BCUT2D eigenvalue weighted by Crippen LogP contribution is 2.26. The Labute approximate surface area is 122 Å². The summed E-state index contributed by atoms with van der Waals surface area (Å²) in [6.45, 7) is 3.31. The van der Waals surface area contributed by atoms with Gasteiger partial charge in [-0.2, -0.15) is 4.98 Å². The van der Waals surface area contributed by atoms with Crippen LogP contribution in [0.5, 0.6) is 0 Å². The average molecular weight is 307 g/mol. The first-order valence-corrected chi connectivity index (χ1v) is 7.92. The van der Waals surface area contributed by atoms with Crippen LogP contribution < -0.4 is 15.5 Å². The van der Waals surface area contributed by atoms with Gasteiger partial charge in [0.15, 0.2) is 0 Å². The van der Waals surface area contributed by atoms with E-state index in [1.165, 1.54) is 0 Å². The van der Waals surface area contributed by atoms with Crippen molar-refractivity contribution in [2.75, 3.05) is 17.2 Å². The number of hydrogen-bond acceptors (Lipinski definition) is 7. The van der Waals surface area contributed by atoms with Gasteiger partial charge in [0.05, 0.1) is 11.9 Å². The lowest BCUT2D eigenvalue weighted by Gasteiger charge is -2.08. The van der Waals surface area contributed by atoms with Crippen LogP contribution in [0.25, 0.3) is 10.2 Å². The molecule has 0 atom stereocenters. The van der Waals surface area contributed by atoms with Crippen LogP contribution in [0, 0.1) is 0 Å². The summed E-state index contributed by atoms with van der Waals surface area (Å²) in [5, 5.41) is 11.2. The van der Waals surface area contributed by atoms with E-state index in [-0.39, 0.29) is 4.87 Å². The van der Waals surface area contributed by atoms with Gasteiger partial charge in [0.2, 0.25) is 5.95 Å². The minimum atomic E-state index is -0.0430. The SMILES string of the molecule is CCNc1nc(NCc2csc(=O)[nH]2)c2ccsc2n1. The van der Waals surface area contributed by atoms with Gasteiger partial charge in [0, 0.05) is 17.6 Å². The van der Waals surface area contributed by atoms with Crippen LogP contribution in [0.1, 0.15) is 12.6 Å². The molecule has 104 valence electrons. The van der Waals surface area contributed by atoms with Crippen LogP contribution in [-0.4, -0.2) is 21.5 Å². The Morgan fingerprint density at radius 1 is 1.30 bits per heavy atom. The maximum Gasteiger partial charge on any atom is 0.304 e. The molecule has 0 unspecified atom stereocenters. The topological polar surface area (TPSA) is 82.7 Å². The first kappa shape index (κ1) is 13.1. The minimum absolute atomic E-state index is 0.0430. The van der Waals surface area contributed by atoms with Gasteiger partial charge in [-0.25, -0.2) is 4.98 Å². The van der Waals surface area contributed by atoms with Crippen LogP contribution in [0.2, 0.25) is 0 Å². The van der Waals surface area contributed by atoms with Gasteiger partial charge < -0.3 is 15.6 Å². The number of thiazole rings is 1. The van der Waals surface area contributed by atoms with Crippen LogP contribution in [0.15, 0.2) is 21.6 Å². The Bertz CT molecular complexity index is 775.